The van der Waals surface area contributed by atoms with Crippen LogP contribution in [0.3, 0.4) is 0 Å². The number of hydrogen-bond donors (Lipinski definition) is 2. The van der Waals surface area contributed by atoms with E-state index in [4.69, 9.17) is 0 Å². The molecule has 2 aliphatic heterocycles. The van der Waals surface area contributed by atoms with Crippen LogP contribution in [0.4, 0.5) is 4.39 Å². The van der Waals surface area contributed by atoms with Gasteiger partial charge in [0.05, 0.1) is 11.3 Å². The highest BCUT2D eigenvalue weighted by atomic mass is 32.2. The smallest absolute Gasteiger partial charge is 0.264 e. The standard InChI is InChI=1S/C26H37FN4O4S/c1-18-4-7-21(8-5-18)36(34,35)31-15-12-28-25(33)22(31)16-24(32)29-23-9-6-20(17-26(23,2)3)30-13-10-19(27)11-14-30/h4-5,7-8,12,15,19-20,22-23H,6,9-11,13-14,16-17H2,1-3H3,(H,28,33)(H,29,32)/t20-,22-,23-/m1/s1. The Morgan fingerprint density at radius 1 is 1.14 bits per heavy atom. The van der Waals surface area contributed by atoms with Gasteiger partial charge in [-0.15, -0.1) is 0 Å². The van der Waals surface area contributed by atoms with E-state index in [0.717, 1.165) is 42.2 Å². The van der Waals surface area contributed by atoms with Crippen molar-refractivity contribution < 1.29 is 22.4 Å². The van der Waals surface area contributed by atoms with Crippen molar-refractivity contribution in [2.45, 2.75) is 88.5 Å². The molecule has 1 aromatic rings. The summed E-state index contributed by atoms with van der Waals surface area (Å²) in [6.45, 7) is 7.65. The molecule has 1 saturated carbocycles. The van der Waals surface area contributed by atoms with Gasteiger partial charge in [0.2, 0.25) is 11.8 Å². The second-order valence-corrected chi connectivity index (χ2v) is 12.8. The van der Waals surface area contributed by atoms with Crippen LogP contribution in [-0.2, 0) is 19.6 Å². The van der Waals surface area contributed by atoms with Crippen LogP contribution in [0.1, 0.15) is 57.9 Å². The Morgan fingerprint density at radius 2 is 1.81 bits per heavy atom. The van der Waals surface area contributed by atoms with E-state index < -0.39 is 28.1 Å². The van der Waals surface area contributed by atoms with E-state index in [2.05, 4.69) is 29.4 Å². The average Bonchev–Trinajstić information content (AvgIpc) is 2.82. The van der Waals surface area contributed by atoms with Gasteiger partial charge in [-0.25, -0.2) is 12.8 Å². The summed E-state index contributed by atoms with van der Waals surface area (Å²) >= 11 is 0. The van der Waals surface area contributed by atoms with Crippen LogP contribution in [0.2, 0.25) is 0 Å². The highest BCUT2D eigenvalue weighted by Crippen LogP contribution is 2.39. The minimum Gasteiger partial charge on any atom is -0.353 e. The first kappa shape index (κ1) is 26.6. The maximum atomic E-state index is 13.6. The molecule has 2 N–H and O–H groups in total. The second kappa shape index (κ2) is 10.5. The summed E-state index contributed by atoms with van der Waals surface area (Å²) < 4.78 is 41.1. The fourth-order valence-corrected chi connectivity index (χ4v) is 7.06. The summed E-state index contributed by atoms with van der Waals surface area (Å²) in [6, 6.07) is 5.48. The van der Waals surface area contributed by atoms with Crippen LogP contribution in [0.5, 0.6) is 0 Å². The normalized spacial score (nSPS) is 27.5. The highest BCUT2D eigenvalue weighted by Gasteiger charge is 2.42. The predicted octanol–water partition coefficient (Wildman–Crippen LogP) is 2.84. The average molecular weight is 521 g/mol. The largest absolute Gasteiger partial charge is 0.353 e. The predicted molar refractivity (Wildman–Crippen MR) is 135 cm³/mol. The molecule has 0 aromatic heterocycles. The zero-order chi connectivity index (χ0) is 26.1. The summed E-state index contributed by atoms with van der Waals surface area (Å²) in [5, 5.41) is 5.61. The molecule has 3 aliphatic rings. The maximum Gasteiger partial charge on any atom is 0.264 e. The fraction of sp³-hybridized carbons (Fsp3) is 0.615. The van der Waals surface area contributed by atoms with E-state index in [0.29, 0.717) is 18.9 Å². The molecular formula is C26H37FN4O4S. The van der Waals surface area contributed by atoms with Crippen molar-refractivity contribution in [1.29, 1.82) is 0 Å². The molecule has 1 aromatic carbocycles. The Kier molecular flexibility index (Phi) is 7.75. The third kappa shape index (κ3) is 5.75. The van der Waals surface area contributed by atoms with Crippen LogP contribution in [-0.4, -0.2) is 66.8 Å². The molecule has 1 saturated heterocycles. The number of carbonyl (C=O) groups excluding carboxylic acids is 2. The first-order chi connectivity index (χ1) is 17.0. The SMILES string of the molecule is Cc1ccc(S(=O)(=O)N2C=CNC(=O)[C@H]2CC(=O)N[C@@H]2CC[C@@H](N3CCC(F)CC3)CC2(C)C)cc1. The number of hydrogen-bond acceptors (Lipinski definition) is 5. The summed E-state index contributed by atoms with van der Waals surface area (Å²) in [4.78, 5) is 28.2. The van der Waals surface area contributed by atoms with Gasteiger partial charge in [0, 0.05) is 37.6 Å². The molecule has 36 heavy (non-hydrogen) atoms. The number of alkyl halides is 1. The molecule has 10 heteroatoms. The fourth-order valence-electron chi connectivity index (χ4n) is 5.61. The van der Waals surface area contributed by atoms with Gasteiger partial charge in [-0.05, 0) is 56.6 Å². The van der Waals surface area contributed by atoms with Crippen molar-refractivity contribution >= 4 is 21.8 Å². The summed E-state index contributed by atoms with van der Waals surface area (Å²) in [5.74, 6) is -0.896. The highest BCUT2D eigenvalue weighted by molar-refractivity contribution is 7.89. The maximum absolute atomic E-state index is 13.6. The molecule has 2 amide bonds. The van der Waals surface area contributed by atoms with Crippen molar-refractivity contribution in [3.8, 4) is 0 Å². The minimum atomic E-state index is -4.01. The molecule has 2 heterocycles. The van der Waals surface area contributed by atoms with Crippen LogP contribution in [0, 0.1) is 12.3 Å². The summed E-state index contributed by atoms with van der Waals surface area (Å²) in [7, 11) is -4.01. The Balaban J connectivity index is 1.41. The first-order valence-electron chi connectivity index (χ1n) is 12.7. The lowest BCUT2D eigenvalue weighted by atomic mass is 9.70. The molecular weight excluding hydrogens is 483 g/mol. The molecule has 0 bridgehead atoms. The number of carbonyl (C=O) groups is 2. The van der Waals surface area contributed by atoms with Gasteiger partial charge in [-0.1, -0.05) is 31.5 Å². The Hall–Kier alpha value is -2.46. The number of sulfonamides is 1. The van der Waals surface area contributed by atoms with Crippen molar-refractivity contribution in [3.05, 3.63) is 42.2 Å². The Bertz CT molecular complexity index is 1100. The van der Waals surface area contributed by atoms with Crippen LogP contribution in [0.25, 0.3) is 0 Å². The van der Waals surface area contributed by atoms with Crippen molar-refractivity contribution in [2.24, 2.45) is 5.41 Å². The number of piperidine rings is 1. The molecule has 0 spiro atoms. The molecule has 0 radical (unpaired) electrons. The molecule has 1 aliphatic carbocycles. The third-order valence-electron chi connectivity index (χ3n) is 7.84. The van der Waals surface area contributed by atoms with Gasteiger partial charge in [-0.3, -0.25) is 13.9 Å². The number of aryl methyl sites for hydroxylation is 1. The zero-order valence-corrected chi connectivity index (χ0v) is 22.1. The van der Waals surface area contributed by atoms with Crippen LogP contribution in [0.15, 0.2) is 41.6 Å². The summed E-state index contributed by atoms with van der Waals surface area (Å²) in [6.07, 6.45) is 5.33. The molecule has 8 nitrogen and oxygen atoms in total. The number of nitrogens with one attached hydrogen (secondary N) is 2. The third-order valence-corrected chi connectivity index (χ3v) is 9.64. The molecule has 4 rings (SSSR count). The van der Waals surface area contributed by atoms with E-state index in [1.807, 2.05) is 6.92 Å². The number of likely N-dealkylation sites (tertiary alicyclic amines) is 1. The van der Waals surface area contributed by atoms with E-state index in [-0.39, 0.29) is 28.7 Å². The number of nitrogens with zero attached hydrogens (tertiary/aromatic N) is 2. The molecule has 198 valence electrons. The van der Waals surface area contributed by atoms with Crippen molar-refractivity contribution in [1.82, 2.24) is 19.8 Å². The lowest BCUT2D eigenvalue weighted by molar-refractivity contribution is -0.130. The van der Waals surface area contributed by atoms with E-state index in [9.17, 15) is 22.4 Å². The van der Waals surface area contributed by atoms with E-state index >= 15 is 0 Å². The Morgan fingerprint density at radius 3 is 2.44 bits per heavy atom. The van der Waals surface area contributed by atoms with Crippen molar-refractivity contribution in [2.75, 3.05) is 13.1 Å². The van der Waals surface area contributed by atoms with Crippen molar-refractivity contribution in [3.63, 3.8) is 0 Å². The second-order valence-electron chi connectivity index (χ2n) is 10.9. The number of amides is 2. The van der Waals surface area contributed by atoms with Gasteiger partial charge in [0.25, 0.3) is 10.0 Å². The van der Waals surface area contributed by atoms with Gasteiger partial charge in [0.1, 0.15) is 12.2 Å². The molecule has 3 atom stereocenters. The lowest BCUT2D eigenvalue weighted by Crippen LogP contribution is -2.56. The van der Waals surface area contributed by atoms with Gasteiger partial charge in [-0.2, -0.15) is 0 Å². The minimum absolute atomic E-state index is 0.0640. The first-order valence-corrected chi connectivity index (χ1v) is 14.2. The topological polar surface area (TPSA) is 98.8 Å². The molecule has 0 unspecified atom stereocenters. The van der Waals surface area contributed by atoms with Crippen LogP contribution < -0.4 is 10.6 Å². The van der Waals surface area contributed by atoms with Gasteiger partial charge < -0.3 is 15.5 Å². The number of benzene rings is 1. The number of halogens is 1. The van der Waals surface area contributed by atoms with Gasteiger partial charge >= 0.3 is 0 Å². The zero-order valence-electron chi connectivity index (χ0n) is 21.2. The van der Waals surface area contributed by atoms with Gasteiger partial charge in [0.15, 0.2) is 0 Å². The molecule has 2 fully saturated rings. The monoisotopic (exact) mass is 520 g/mol. The quantitative estimate of drug-likeness (QED) is 0.601. The van der Waals surface area contributed by atoms with E-state index in [1.165, 1.54) is 24.5 Å². The van der Waals surface area contributed by atoms with Crippen LogP contribution >= 0.6 is 0 Å². The van der Waals surface area contributed by atoms with E-state index in [1.54, 1.807) is 12.1 Å². The Labute approximate surface area is 213 Å². The lowest BCUT2D eigenvalue weighted by Gasteiger charge is -2.47. The summed E-state index contributed by atoms with van der Waals surface area (Å²) in [5.41, 5.74) is 0.731. The number of rotatable bonds is 6.